The summed E-state index contributed by atoms with van der Waals surface area (Å²) in [6.45, 7) is 4.49. The van der Waals surface area contributed by atoms with Crippen molar-refractivity contribution in [3.63, 3.8) is 0 Å². The van der Waals surface area contributed by atoms with Crippen molar-refractivity contribution in [1.82, 2.24) is 25.0 Å². The molecule has 0 aliphatic heterocycles. The predicted octanol–water partition coefficient (Wildman–Crippen LogP) is 3.17. The fourth-order valence-corrected chi connectivity index (χ4v) is 4.28. The number of anilines is 1. The van der Waals surface area contributed by atoms with Gasteiger partial charge < -0.3 is 4.57 Å². The number of rotatable bonds is 8. The fourth-order valence-electron chi connectivity index (χ4n) is 3.05. The van der Waals surface area contributed by atoms with Crippen LogP contribution in [0.25, 0.3) is 0 Å². The van der Waals surface area contributed by atoms with Gasteiger partial charge in [0.1, 0.15) is 11.3 Å². The molecule has 1 fully saturated rings. The smallest absolute Gasteiger partial charge is 0.236 e. The molecule has 1 saturated carbocycles. The highest BCUT2D eigenvalue weighted by Gasteiger charge is 2.19. The number of amides is 1. The molecule has 1 N–H and O–H groups in total. The van der Waals surface area contributed by atoms with Gasteiger partial charge in [0.05, 0.1) is 5.75 Å². The number of hydrogen-bond donors (Lipinski definition) is 1. The number of aromatic nitrogens is 5. The third kappa shape index (κ3) is 5.12. The van der Waals surface area contributed by atoms with Crippen LogP contribution in [0, 0.1) is 5.92 Å². The highest BCUT2D eigenvalue weighted by Crippen LogP contribution is 2.27. The lowest BCUT2D eigenvalue weighted by molar-refractivity contribution is -0.113. The van der Waals surface area contributed by atoms with E-state index in [2.05, 4.69) is 36.9 Å². The number of nitrogens with one attached hydrogen (secondary N) is 1. The molecule has 9 heteroatoms. The quantitative estimate of drug-likeness (QED) is 0.561. The molecule has 2 heterocycles. The Morgan fingerprint density at radius 1 is 1.36 bits per heavy atom. The molecule has 25 heavy (non-hydrogen) atoms. The topological polar surface area (TPSA) is 85.6 Å². The van der Waals surface area contributed by atoms with Crippen LogP contribution >= 0.6 is 23.1 Å². The first-order chi connectivity index (χ1) is 12.3. The zero-order valence-electron chi connectivity index (χ0n) is 14.1. The molecular formula is C16H22N6OS2. The average Bonchev–Trinajstić information content (AvgIpc) is 3.25. The van der Waals surface area contributed by atoms with E-state index in [0.29, 0.717) is 17.6 Å². The molecule has 0 spiro atoms. The average molecular weight is 379 g/mol. The summed E-state index contributed by atoms with van der Waals surface area (Å²) in [6.07, 6.45) is 9.32. The van der Waals surface area contributed by atoms with E-state index >= 15 is 0 Å². The summed E-state index contributed by atoms with van der Waals surface area (Å²) >= 11 is 2.68. The molecule has 0 radical (unpaired) electrons. The predicted molar refractivity (Wildman–Crippen MR) is 99.8 cm³/mol. The van der Waals surface area contributed by atoms with Crippen molar-refractivity contribution in [2.24, 2.45) is 5.92 Å². The first-order valence-electron chi connectivity index (χ1n) is 8.48. The molecule has 7 nitrogen and oxygen atoms in total. The van der Waals surface area contributed by atoms with Crippen molar-refractivity contribution in [2.45, 2.75) is 50.2 Å². The lowest BCUT2D eigenvalue weighted by atomic mass is 9.87. The molecule has 1 amide bonds. The van der Waals surface area contributed by atoms with E-state index in [0.717, 1.165) is 17.4 Å². The van der Waals surface area contributed by atoms with Gasteiger partial charge >= 0.3 is 0 Å². The standard InChI is InChI=1S/C16H22N6OS2/c1-2-8-22-13(9-12-6-4-3-5-7-12)19-21-16(22)24-10-14(23)18-15-20-17-11-25-15/h2,11-12H,1,3-10H2,(H,18,20,23). The molecule has 134 valence electrons. The van der Waals surface area contributed by atoms with Crippen LogP contribution in [0.3, 0.4) is 0 Å². The van der Waals surface area contributed by atoms with Gasteiger partial charge in [-0.1, -0.05) is 61.3 Å². The van der Waals surface area contributed by atoms with Gasteiger partial charge in [-0.15, -0.1) is 27.0 Å². The number of allylic oxidation sites excluding steroid dienone is 1. The minimum atomic E-state index is -0.122. The summed E-state index contributed by atoms with van der Waals surface area (Å²) < 4.78 is 2.07. The Labute approximate surface area is 155 Å². The van der Waals surface area contributed by atoms with E-state index in [-0.39, 0.29) is 11.7 Å². The summed E-state index contributed by atoms with van der Waals surface area (Å²) in [4.78, 5) is 12.0. The van der Waals surface area contributed by atoms with Gasteiger partial charge in [-0.25, -0.2) is 0 Å². The maximum absolute atomic E-state index is 12.0. The van der Waals surface area contributed by atoms with Gasteiger partial charge in [-0.3, -0.25) is 10.1 Å². The number of thioether (sulfide) groups is 1. The van der Waals surface area contributed by atoms with E-state index < -0.39 is 0 Å². The van der Waals surface area contributed by atoms with Gasteiger partial charge in [-0.2, -0.15) is 0 Å². The first-order valence-corrected chi connectivity index (χ1v) is 10.3. The fraction of sp³-hybridized carbons (Fsp3) is 0.562. The van der Waals surface area contributed by atoms with Crippen LogP contribution in [0.15, 0.2) is 23.3 Å². The summed E-state index contributed by atoms with van der Waals surface area (Å²) in [6, 6.07) is 0. The molecule has 0 bridgehead atoms. The van der Waals surface area contributed by atoms with Crippen molar-refractivity contribution in [3.05, 3.63) is 24.0 Å². The maximum Gasteiger partial charge on any atom is 0.236 e. The minimum Gasteiger partial charge on any atom is -0.302 e. The summed E-state index contributed by atoms with van der Waals surface area (Å²) in [7, 11) is 0. The van der Waals surface area contributed by atoms with Crippen LogP contribution in [-0.4, -0.2) is 36.6 Å². The van der Waals surface area contributed by atoms with Gasteiger partial charge in [0.2, 0.25) is 11.0 Å². The van der Waals surface area contributed by atoms with Crippen LogP contribution in [0.2, 0.25) is 0 Å². The molecule has 1 aliphatic rings. The second-order valence-corrected chi connectivity index (χ2v) is 7.86. The Hall–Kier alpha value is -1.74. The van der Waals surface area contributed by atoms with Gasteiger partial charge in [0.15, 0.2) is 5.16 Å². The SMILES string of the molecule is C=CCn1c(CC2CCCCC2)nnc1SCC(=O)Nc1nncs1. The Bertz CT molecular complexity index is 694. The van der Waals surface area contributed by atoms with E-state index in [1.165, 1.54) is 55.2 Å². The zero-order chi connectivity index (χ0) is 17.5. The Kier molecular flexibility index (Phi) is 6.57. The Morgan fingerprint density at radius 3 is 2.92 bits per heavy atom. The first kappa shape index (κ1) is 18.1. The van der Waals surface area contributed by atoms with Crippen molar-refractivity contribution in [3.8, 4) is 0 Å². The van der Waals surface area contributed by atoms with Crippen LogP contribution in [-0.2, 0) is 17.8 Å². The van der Waals surface area contributed by atoms with Crippen molar-refractivity contribution in [1.29, 1.82) is 0 Å². The van der Waals surface area contributed by atoms with Crippen molar-refractivity contribution in [2.75, 3.05) is 11.1 Å². The number of carbonyl (C=O) groups excluding carboxylic acids is 1. The van der Waals surface area contributed by atoms with Crippen LogP contribution < -0.4 is 5.32 Å². The third-order valence-electron chi connectivity index (χ3n) is 4.24. The van der Waals surface area contributed by atoms with Gasteiger partial charge in [0.25, 0.3) is 0 Å². The van der Waals surface area contributed by atoms with Crippen LogP contribution in [0.5, 0.6) is 0 Å². The van der Waals surface area contributed by atoms with E-state index in [1.54, 1.807) is 5.51 Å². The number of hydrogen-bond acceptors (Lipinski definition) is 7. The molecule has 0 aromatic carbocycles. The molecule has 0 atom stereocenters. The van der Waals surface area contributed by atoms with Gasteiger partial charge in [0, 0.05) is 13.0 Å². The molecule has 0 unspecified atom stereocenters. The second-order valence-electron chi connectivity index (χ2n) is 6.09. The Balaban J connectivity index is 1.60. The summed E-state index contributed by atoms with van der Waals surface area (Å²) in [5.74, 6) is 1.83. The van der Waals surface area contributed by atoms with Crippen molar-refractivity contribution < 1.29 is 4.79 Å². The molecule has 0 saturated heterocycles. The highest BCUT2D eigenvalue weighted by atomic mass is 32.2. The minimum absolute atomic E-state index is 0.122. The van der Waals surface area contributed by atoms with Crippen LogP contribution in [0.1, 0.15) is 37.9 Å². The summed E-state index contributed by atoms with van der Waals surface area (Å²) in [5.41, 5.74) is 1.58. The van der Waals surface area contributed by atoms with E-state index in [4.69, 9.17) is 0 Å². The van der Waals surface area contributed by atoms with Gasteiger partial charge in [-0.05, 0) is 5.92 Å². The number of carbonyl (C=O) groups is 1. The van der Waals surface area contributed by atoms with Crippen molar-refractivity contribution >= 4 is 34.1 Å². The van der Waals surface area contributed by atoms with E-state index in [1.807, 2.05) is 6.08 Å². The third-order valence-corrected chi connectivity index (χ3v) is 5.81. The lowest BCUT2D eigenvalue weighted by Crippen LogP contribution is -2.15. The summed E-state index contributed by atoms with van der Waals surface area (Å²) in [5, 5.41) is 20.2. The molecular weight excluding hydrogens is 356 g/mol. The molecule has 2 aromatic heterocycles. The monoisotopic (exact) mass is 378 g/mol. The molecule has 2 aromatic rings. The zero-order valence-corrected chi connectivity index (χ0v) is 15.7. The molecule has 3 rings (SSSR count). The molecule has 1 aliphatic carbocycles. The van der Waals surface area contributed by atoms with Crippen LogP contribution in [0.4, 0.5) is 5.13 Å². The number of nitrogens with zero attached hydrogens (tertiary/aromatic N) is 5. The second kappa shape index (κ2) is 9.10. The lowest BCUT2D eigenvalue weighted by Gasteiger charge is -2.21. The maximum atomic E-state index is 12.0. The largest absolute Gasteiger partial charge is 0.302 e. The van der Waals surface area contributed by atoms with E-state index in [9.17, 15) is 4.79 Å². The normalized spacial score (nSPS) is 15.2. The highest BCUT2D eigenvalue weighted by molar-refractivity contribution is 7.99. The Morgan fingerprint density at radius 2 is 2.20 bits per heavy atom.